The third-order valence-electron chi connectivity index (χ3n) is 7.16. The molecule has 0 aromatic heterocycles. The van der Waals surface area contributed by atoms with E-state index in [1.165, 1.54) is 66.7 Å². The second kappa shape index (κ2) is 17.7. The fraction of sp³-hybridized carbons (Fsp3) is 0. The summed E-state index contributed by atoms with van der Waals surface area (Å²) >= 11 is 0. The second-order valence-corrected chi connectivity index (χ2v) is 14.1. The molecular formula is C32H22N6Na2O10S3. The van der Waals surface area contributed by atoms with Crippen LogP contribution in [-0.2, 0) is 30.6 Å². The number of phenols is 2. The summed E-state index contributed by atoms with van der Waals surface area (Å²) in [5.41, 5.74) is 13.6. The molecule has 53 heavy (non-hydrogen) atoms. The Morgan fingerprint density at radius 2 is 1.02 bits per heavy atom. The van der Waals surface area contributed by atoms with E-state index in [0.29, 0.717) is 27.8 Å². The number of phenolic OH excluding ortho intramolecular Hbond substituents is 2. The predicted octanol–water partition coefficient (Wildman–Crippen LogP) is -0.0596. The van der Waals surface area contributed by atoms with E-state index in [1.54, 1.807) is 18.2 Å². The summed E-state index contributed by atoms with van der Waals surface area (Å²) in [5, 5.41) is 38.3. The van der Waals surface area contributed by atoms with E-state index in [-0.39, 0.29) is 102 Å². The third kappa shape index (κ3) is 10.0. The third-order valence-corrected chi connectivity index (χ3v) is 9.76. The summed E-state index contributed by atoms with van der Waals surface area (Å²) in [6.45, 7) is 0. The number of anilines is 2. The van der Waals surface area contributed by atoms with Crippen molar-refractivity contribution >= 4 is 86.2 Å². The number of hydrogen-bond acceptors (Lipinski definition) is 16. The second-order valence-electron chi connectivity index (χ2n) is 10.4. The molecule has 0 heterocycles. The fourth-order valence-corrected chi connectivity index (χ4v) is 6.62. The quantitative estimate of drug-likeness (QED) is 0.0544. The van der Waals surface area contributed by atoms with E-state index in [1.807, 2.05) is 0 Å². The number of aromatic hydroxyl groups is 2. The SMILES string of the molecule is Nc1ccc(N=Nc2ccc(S(=O)(=O)c3ccc(N=Nc4ccc(N)c5c(O)cc(S(=O)(=O)[O-])cc45)cc3)cc2)c2c[c-]cc(O)c12.O=S(=O)=O.[Na+].[Na+]. The zero-order valence-electron chi connectivity index (χ0n) is 27.6. The zero-order valence-corrected chi connectivity index (χ0v) is 34.0. The molecule has 0 aliphatic rings. The number of benzene rings is 6. The Labute approximate surface area is 347 Å². The Balaban J connectivity index is 0.00000120. The van der Waals surface area contributed by atoms with Gasteiger partial charge in [0.15, 0.2) is 0 Å². The molecule has 0 radical (unpaired) electrons. The van der Waals surface area contributed by atoms with Crippen molar-refractivity contribution in [2.45, 2.75) is 14.7 Å². The topological polar surface area (TPSA) is 284 Å². The van der Waals surface area contributed by atoms with Gasteiger partial charge < -0.3 is 26.2 Å². The van der Waals surface area contributed by atoms with E-state index >= 15 is 0 Å². The van der Waals surface area contributed by atoms with Gasteiger partial charge in [0.1, 0.15) is 15.9 Å². The maximum Gasteiger partial charge on any atom is 1.00 e. The van der Waals surface area contributed by atoms with Crippen LogP contribution in [0.15, 0.2) is 132 Å². The Morgan fingerprint density at radius 3 is 1.47 bits per heavy atom. The van der Waals surface area contributed by atoms with Crippen LogP contribution in [0.1, 0.15) is 0 Å². The van der Waals surface area contributed by atoms with Crippen LogP contribution in [0.5, 0.6) is 11.5 Å². The van der Waals surface area contributed by atoms with Crippen LogP contribution in [-0.4, -0.2) is 44.2 Å². The van der Waals surface area contributed by atoms with Gasteiger partial charge >= 0.3 is 69.7 Å². The van der Waals surface area contributed by atoms with E-state index in [2.05, 4.69) is 26.5 Å². The van der Waals surface area contributed by atoms with Gasteiger partial charge in [-0.15, -0.1) is 23.8 Å². The van der Waals surface area contributed by atoms with Gasteiger partial charge in [0.05, 0.1) is 31.7 Å². The van der Waals surface area contributed by atoms with Crippen LogP contribution < -0.4 is 70.6 Å². The molecule has 260 valence electrons. The standard InChI is InChI=1S/C32H23N6O7S2.2Na.O3S/c33-25-12-14-27(23-2-1-3-29(39)31(23)25)37-35-18-4-8-20(9-5-18)46(41,42)21-10-6-19(7-11-21)36-38-28-15-13-26(34)32-24(28)16-22(17-30(32)40)47(43,44)45;;;1-4(2)3/h2-17,39-40H,33-34H2,(H,43,44,45);;;/q-1;2*+1;/p-1. The zero-order chi connectivity index (χ0) is 37.1. The minimum atomic E-state index is -4.88. The summed E-state index contributed by atoms with van der Waals surface area (Å²) in [6.07, 6.45) is 0. The minimum Gasteiger partial charge on any atom is -0.744 e. The van der Waals surface area contributed by atoms with Gasteiger partial charge in [-0.05, 0) is 84.9 Å². The van der Waals surface area contributed by atoms with Crippen molar-refractivity contribution in [2.24, 2.45) is 20.5 Å². The summed E-state index contributed by atoms with van der Waals surface area (Å²) in [4.78, 5) is -0.658. The van der Waals surface area contributed by atoms with Crippen LogP contribution in [0.2, 0.25) is 0 Å². The van der Waals surface area contributed by atoms with Crippen LogP contribution >= 0.6 is 0 Å². The van der Waals surface area contributed by atoms with E-state index in [4.69, 9.17) is 24.1 Å². The first-order valence-electron chi connectivity index (χ1n) is 14.0. The normalized spacial score (nSPS) is 11.5. The minimum absolute atomic E-state index is 0. The summed E-state index contributed by atoms with van der Waals surface area (Å²) in [5.74, 6) is -0.540. The molecule has 6 aromatic rings. The molecule has 0 spiro atoms. The summed E-state index contributed by atoms with van der Waals surface area (Å²) < 4.78 is 86.6. The number of nitrogen functional groups attached to an aromatic ring is 2. The molecule has 0 aliphatic carbocycles. The van der Waals surface area contributed by atoms with E-state index in [0.717, 1.165) is 12.1 Å². The fourth-order valence-electron chi connectivity index (χ4n) is 4.84. The van der Waals surface area contributed by atoms with Gasteiger partial charge in [-0.25, -0.2) is 16.8 Å². The molecule has 0 atom stereocenters. The predicted molar refractivity (Wildman–Crippen MR) is 183 cm³/mol. The Morgan fingerprint density at radius 1 is 0.585 bits per heavy atom. The van der Waals surface area contributed by atoms with Gasteiger partial charge in [-0.1, -0.05) is 10.8 Å². The molecule has 16 nitrogen and oxygen atoms in total. The first-order chi connectivity index (χ1) is 24.1. The molecule has 0 aliphatic heterocycles. The molecule has 6 N–H and O–H groups in total. The van der Waals surface area contributed by atoms with E-state index < -0.39 is 41.2 Å². The van der Waals surface area contributed by atoms with Gasteiger partial charge in [0, 0.05) is 33.6 Å². The molecule has 0 saturated heterocycles. The Hall–Kier alpha value is -4.28. The monoisotopic (exact) mass is 792 g/mol. The van der Waals surface area contributed by atoms with Crippen molar-refractivity contribution in [3.63, 3.8) is 0 Å². The first kappa shape index (κ1) is 43.1. The number of hydrogen-bond donors (Lipinski definition) is 4. The number of rotatable bonds is 7. The number of azo groups is 2. The summed E-state index contributed by atoms with van der Waals surface area (Å²) in [6, 6.07) is 25.2. The molecule has 6 aromatic carbocycles. The van der Waals surface area contributed by atoms with Gasteiger partial charge in [0.25, 0.3) is 0 Å². The maximum atomic E-state index is 13.3. The smallest absolute Gasteiger partial charge is 0.744 e. The largest absolute Gasteiger partial charge is 1.00 e. The van der Waals surface area contributed by atoms with Crippen LogP contribution in [0.3, 0.4) is 0 Å². The van der Waals surface area contributed by atoms with Crippen molar-refractivity contribution in [3.05, 3.63) is 103 Å². The molecule has 0 fully saturated rings. The first-order valence-corrected chi connectivity index (χ1v) is 17.9. The number of fused-ring (bicyclic) bond motifs is 2. The van der Waals surface area contributed by atoms with Crippen molar-refractivity contribution in [1.29, 1.82) is 0 Å². The van der Waals surface area contributed by atoms with E-state index in [9.17, 15) is 31.6 Å². The average Bonchev–Trinajstić information content (AvgIpc) is 3.07. The number of nitrogens with zero attached hydrogens (tertiary/aromatic N) is 4. The molecule has 0 bridgehead atoms. The van der Waals surface area contributed by atoms with Crippen molar-refractivity contribution in [1.82, 2.24) is 0 Å². The van der Waals surface area contributed by atoms with Crippen molar-refractivity contribution in [3.8, 4) is 11.5 Å². The van der Waals surface area contributed by atoms with Crippen LogP contribution in [0, 0.1) is 6.07 Å². The van der Waals surface area contributed by atoms with Gasteiger partial charge in [0.2, 0.25) is 9.84 Å². The average molecular weight is 793 g/mol. The molecular weight excluding hydrogens is 771 g/mol. The Kier molecular flexibility index (Phi) is 14.4. The van der Waals surface area contributed by atoms with Gasteiger partial charge in [-0.3, -0.25) is 0 Å². The Bertz CT molecular complexity index is 2720. The van der Waals surface area contributed by atoms with Gasteiger partial charge in [-0.2, -0.15) is 27.5 Å². The number of sulfone groups is 1. The molecule has 21 heteroatoms. The summed E-state index contributed by atoms with van der Waals surface area (Å²) in [7, 11) is -11.9. The van der Waals surface area contributed by atoms with Crippen LogP contribution in [0.4, 0.5) is 34.1 Å². The molecule has 6 rings (SSSR count). The van der Waals surface area contributed by atoms with Crippen LogP contribution in [0.25, 0.3) is 21.5 Å². The molecule has 0 unspecified atom stereocenters. The maximum absolute atomic E-state index is 13.3. The van der Waals surface area contributed by atoms with Crippen molar-refractivity contribution < 1.29 is 103 Å². The van der Waals surface area contributed by atoms with Crippen molar-refractivity contribution in [2.75, 3.05) is 11.5 Å². The molecule has 0 amide bonds. The number of nitrogens with two attached hydrogens (primary N) is 2. The molecule has 0 saturated carbocycles.